The Hall–Kier alpha value is -2.72. The van der Waals surface area contributed by atoms with E-state index in [2.05, 4.69) is 31.5 Å². The summed E-state index contributed by atoms with van der Waals surface area (Å²) in [6.07, 6.45) is 0.805. The van der Waals surface area contributed by atoms with Crippen LogP contribution in [0.2, 0.25) is 0 Å². The minimum atomic E-state index is 0.510. The molecule has 2 aliphatic rings. The number of nitrogens with zero attached hydrogens (tertiary/aromatic N) is 5. The Kier molecular flexibility index (Phi) is 4.20. The Morgan fingerprint density at radius 3 is 3.00 bits per heavy atom. The molecular formula is C18H20N6O. The van der Waals surface area contributed by atoms with Gasteiger partial charge in [0, 0.05) is 37.5 Å². The first-order valence-corrected chi connectivity index (χ1v) is 8.52. The highest BCUT2D eigenvalue weighted by molar-refractivity contribution is 5.55. The Bertz CT molecular complexity index is 808. The number of rotatable bonds is 4. The van der Waals surface area contributed by atoms with Crippen molar-refractivity contribution in [2.45, 2.75) is 20.0 Å². The molecule has 4 rings (SSSR count). The van der Waals surface area contributed by atoms with Crippen LogP contribution in [0.25, 0.3) is 0 Å². The van der Waals surface area contributed by atoms with E-state index in [0.29, 0.717) is 30.5 Å². The van der Waals surface area contributed by atoms with Gasteiger partial charge in [-0.1, -0.05) is 0 Å². The molecule has 0 spiro atoms. The minimum absolute atomic E-state index is 0.510. The lowest BCUT2D eigenvalue weighted by Crippen LogP contribution is -2.50. The Labute approximate surface area is 146 Å². The van der Waals surface area contributed by atoms with Crippen LogP contribution in [0.4, 0.5) is 11.6 Å². The van der Waals surface area contributed by atoms with Crippen molar-refractivity contribution in [2.24, 2.45) is 5.92 Å². The number of hydrogen-bond acceptors (Lipinski definition) is 7. The number of hydrogen-bond donors (Lipinski definition) is 1. The number of pyridine rings is 1. The van der Waals surface area contributed by atoms with Gasteiger partial charge in [-0.2, -0.15) is 10.4 Å². The van der Waals surface area contributed by atoms with Crippen molar-refractivity contribution in [1.82, 2.24) is 15.2 Å². The van der Waals surface area contributed by atoms with E-state index in [1.807, 2.05) is 25.1 Å². The summed E-state index contributed by atoms with van der Waals surface area (Å²) in [5, 5.41) is 21.1. The molecule has 2 aromatic heterocycles. The molecule has 2 aliphatic heterocycles. The molecule has 1 N–H and O–H groups in total. The third kappa shape index (κ3) is 3.26. The summed E-state index contributed by atoms with van der Waals surface area (Å²) in [6, 6.07) is 8.12. The van der Waals surface area contributed by atoms with Gasteiger partial charge < -0.3 is 15.0 Å². The smallest absolute Gasteiger partial charge is 0.151 e. The van der Waals surface area contributed by atoms with Gasteiger partial charge in [0.1, 0.15) is 11.9 Å². The zero-order valence-electron chi connectivity index (χ0n) is 14.2. The summed E-state index contributed by atoms with van der Waals surface area (Å²) in [5.41, 5.74) is 3.58. The number of nitriles is 1. The SMILES string of the molecule is Cc1ccc(N2CC(CNc3nc4c(cc3C#N)COCC4)C2)nn1. The number of aryl methyl sites for hydroxylation is 1. The van der Waals surface area contributed by atoms with Crippen LogP contribution in [0.1, 0.15) is 22.5 Å². The van der Waals surface area contributed by atoms with Crippen LogP contribution in [0.15, 0.2) is 18.2 Å². The maximum Gasteiger partial charge on any atom is 0.151 e. The van der Waals surface area contributed by atoms with E-state index in [1.165, 1.54) is 0 Å². The Morgan fingerprint density at radius 1 is 1.36 bits per heavy atom. The maximum atomic E-state index is 9.38. The topological polar surface area (TPSA) is 87.0 Å². The van der Waals surface area contributed by atoms with E-state index in [9.17, 15) is 5.26 Å². The fourth-order valence-corrected chi connectivity index (χ4v) is 3.19. The van der Waals surface area contributed by atoms with Gasteiger partial charge in [0.15, 0.2) is 5.82 Å². The van der Waals surface area contributed by atoms with Crippen molar-refractivity contribution < 1.29 is 4.74 Å². The molecular weight excluding hydrogens is 316 g/mol. The second kappa shape index (κ2) is 6.65. The minimum Gasteiger partial charge on any atom is -0.376 e. The second-order valence-electron chi connectivity index (χ2n) is 6.59. The standard InChI is InChI=1S/C18H20N6O/c1-12-2-3-17(23-22-12)24-9-13(10-24)8-20-18-14(7-19)6-15-11-25-5-4-16(15)21-18/h2-3,6,13H,4-5,8-11H2,1H3,(H,20,21). The zero-order valence-corrected chi connectivity index (χ0v) is 14.2. The van der Waals surface area contributed by atoms with Crippen LogP contribution < -0.4 is 10.2 Å². The molecule has 0 amide bonds. The van der Waals surface area contributed by atoms with Crippen molar-refractivity contribution in [1.29, 1.82) is 5.26 Å². The fourth-order valence-electron chi connectivity index (χ4n) is 3.19. The third-order valence-electron chi connectivity index (χ3n) is 4.68. The summed E-state index contributed by atoms with van der Waals surface area (Å²) < 4.78 is 5.43. The van der Waals surface area contributed by atoms with Gasteiger partial charge >= 0.3 is 0 Å². The molecule has 2 aromatic rings. The van der Waals surface area contributed by atoms with Gasteiger partial charge in [-0.05, 0) is 25.1 Å². The Balaban J connectivity index is 1.36. The van der Waals surface area contributed by atoms with Crippen LogP contribution in [0, 0.1) is 24.2 Å². The highest BCUT2D eigenvalue weighted by Gasteiger charge is 2.28. The molecule has 25 heavy (non-hydrogen) atoms. The summed E-state index contributed by atoms with van der Waals surface area (Å²) in [4.78, 5) is 6.86. The molecule has 0 atom stereocenters. The molecule has 0 saturated carbocycles. The van der Waals surface area contributed by atoms with E-state index >= 15 is 0 Å². The van der Waals surface area contributed by atoms with Crippen molar-refractivity contribution in [3.8, 4) is 6.07 Å². The summed E-state index contributed by atoms with van der Waals surface area (Å²) in [6.45, 7) is 5.85. The monoisotopic (exact) mass is 336 g/mol. The third-order valence-corrected chi connectivity index (χ3v) is 4.68. The number of ether oxygens (including phenoxy) is 1. The normalized spacial score (nSPS) is 16.7. The lowest BCUT2D eigenvalue weighted by atomic mass is 10.00. The molecule has 1 saturated heterocycles. The zero-order chi connectivity index (χ0) is 17.2. The molecule has 0 bridgehead atoms. The lowest BCUT2D eigenvalue weighted by molar-refractivity contribution is 0.109. The summed E-state index contributed by atoms with van der Waals surface area (Å²) in [7, 11) is 0. The van der Waals surface area contributed by atoms with Gasteiger partial charge in [-0.15, -0.1) is 5.10 Å². The van der Waals surface area contributed by atoms with E-state index in [4.69, 9.17) is 4.74 Å². The van der Waals surface area contributed by atoms with Crippen molar-refractivity contribution in [3.63, 3.8) is 0 Å². The van der Waals surface area contributed by atoms with Crippen LogP contribution in [0.5, 0.6) is 0 Å². The van der Waals surface area contributed by atoms with Crippen LogP contribution in [0.3, 0.4) is 0 Å². The van der Waals surface area contributed by atoms with Crippen molar-refractivity contribution in [3.05, 3.63) is 40.7 Å². The first-order valence-electron chi connectivity index (χ1n) is 8.52. The largest absolute Gasteiger partial charge is 0.376 e. The molecule has 7 heteroatoms. The van der Waals surface area contributed by atoms with E-state index in [-0.39, 0.29) is 0 Å². The predicted molar refractivity (Wildman–Crippen MR) is 93.3 cm³/mol. The quantitative estimate of drug-likeness (QED) is 0.909. The first kappa shape index (κ1) is 15.8. The average Bonchev–Trinajstić information content (AvgIpc) is 2.61. The average molecular weight is 336 g/mol. The van der Waals surface area contributed by atoms with E-state index in [0.717, 1.165) is 48.8 Å². The molecule has 4 heterocycles. The summed E-state index contributed by atoms with van der Waals surface area (Å²) >= 11 is 0. The maximum absolute atomic E-state index is 9.38. The first-order chi connectivity index (χ1) is 12.2. The van der Waals surface area contributed by atoms with Gasteiger partial charge in [0.05, 0.1) is 30.2 Å². The second-order valence-corrected chi connectivity index (χ2v) is 6.59. The molecule has 0 aromatic carbocycles. The highest BCUT2D eigenvalue weighted by atomic mass is 16.5. The fraction of sp³-hybridized carbons (Fsp3) is 0.444. The number of nitrogens with one attached hydrogen (secondary N) is 1. The van der Waals surface area contributed by atoms with Gasteiger partial charge in [0.2, 0.25) is 0 Å². The van der Waals surface area contributed by atoms with Gasteiger partial charge in [-0.3, -0.25) is 0 Å². The molecule has 0 aliphatic carbocycles. The van der Waals surface area contributed by atoms with Gasteiger partial charge in [0.25, 0.3) is 0 Å². The lowest BCUT2D eigenvalue weighted by Gasteiger charge is -2.40. The van der Waals surface area contributed by atoms with Crippen LogP contribution in [-0.4, -0.2) is 41.4 Å². The van der Waals surface area contributed by atoms with E-state index < -0.39 is 0 Å². The summed E-state index contributed by atoms with van der Waals surface area (Å²) in [5.74, 6) is 2.12. The molecule has 128 valence electrons. The van der Waals surface area contributed by atoms with Crippen molar-refractivity contribution in [2.75, 3.05) is 36.5 Å². The molecule has 7 nitrogen and oxygen atoms in total. The Morgan fingerprint density at radius 2 is 2.24 bits per heavy atom. The number of fused-ring (bicyclic) bond motifs is 1. The molecule has 0 unspecified atom stereocenters. The highest BCUT2D eigenvalue weighted by Crippen LogP contribution is 2.25. The molecule has 0 radical (unpaired) electrons. The predicted octanol–water partition coefficient (Wildman–Crippen LogP) is 1.67. The van der Waals surface area contributed by atoms with Crippen LogP contribution >= 0.6 is 0 Å². The van der Waals surface area contributed by atoms with Gasteiger partial charge in [-0.25, -0.2) is 4.98 Å². The van der Waals surface area contributed by atoms with Crippen LogP contribution in [-0.2, 0) is 17.8 Å². The number of aromatic nitrogens is 3. The molecule has 1 fully saturated rings. The number of anilines is 2. The van der Waals surface area contributed by atoms with Crippen molar-refractivity contribution >= 4 is 11.6 Å². The van der Waals surface area contributed by atoms with E-state index in [1.54, 1.807) is 0 Å².